The van der Waals surface area contributed by atoms with Crippen LogP contribution in [0, 0.1) is 5.82 Å². The minimum atomic E-state index is -5.04. The first-order chi connectivity index (χ1) is 14.9. The number of piperidine rings is 1. The Kier molecular flexibility index (Phi) is 6.65. The molecule has 1 saturated heterocycles. The van der Waals surface area contributed by atoms with Gasteiger partial charge in [0.05, 0.1) is 23.1 Å². The van der Waals surface area contributed by atoms with E-state index in [4.69, 9.17) is 4.74 Å². The number of rotatable bonds is 5. The number of alkyl halides is 3. The van der Waals surface area contributed by atoms with Crippen LogP contribution in [0.3, 0.4) is 0 Å². The van der Waals surface area contributed by atoms with Crippen molar-refractivity contribution < 1.29 is 40.6 Å². The number of amides is 1. The lowest BCUT2D eigenvalue weighted by atomic mass is 10.0. The number of halogens is 4. The number of methoxy groups -OCH3 is 1. The highest BCUT2D eigenvalue weighted by Gasteiger charge is 2.38. The van der Waals surface area contributed by atoms with Crippen LogP contribution in [0.1, 0.15) is 18.4 Å². The molecule has 0 atom stereocenters. The van der Waals surface area contributed by atoms with Gasteiger partial charge in [0.15, 0.2) is 0 Å². The van der Waals surface area contributed by atoms with Gasteiger partial charge in [-0.1, -0.05) is 12.1 Å². The van der Waals surface area contributed by atoms with E-state index >= 15 is 0 Å². The zero-order chi connectivity index (χ0) is 23.7. The number of hydrogen-bond acceptors (Lipinski definition) is 5. The third-order valence-corrected chi connectivity index (χ3v) is 6.71. The number of sulfonamides is 1. The highest BCUT2D eigenvalue weighted by Crippen LogP contribution is 2.40. The first-order valence-electron chi connectivity index (χ1n) is 9.46. The van der Waals surface area contributed by atoms with Crippen LogP contribution in [0.2, 0.25) is 0 Å². The number of benzene rings is 2. The van der Waals surface area contributed by atoms with Crippen molar-refractivity contribution >= 4 is 16.1 Å². The van der Waals surface area contributed by atoms with Gasteiger partial charge in [0, 0.05) is 19.1 Å². The molecule has 0 aliphatic carbocycles. The van der Waals surface area contributed by atoms with Crippen LogP contribution in [0.5, 0.6) is 5.75 Å². The average Bonchev–Trinajstić information content (AvgIpc) is 2.72. The summed E-state index contributed by atoms with van der Waals surface area (Å²) in [5.41, 5.74) is -1.89. The number of nitrogens with one attached hydrogen (secondary N) is 1. The highest BCUT2D eigenvalue weighted by atomic mass is 32.2. The van der Waals surface area contributed by atoms with Crippen molar-refractivity contribution in [1.82, 2.24) is 9.62 Å². The normalized spacial score (nSPS) is 15.6. The highest BCUT2D eigenvalue weighted by molar-refractivity contribution is 7.89. The van der Waals surface area contributed by atoms with Crippen LogP contribution in [-0.2, 0) is 16.2 Å². The summed E-state index contributed by atoms with van der Waals surface area (Å²) >= 11 is 0. The lowest BCUT2D eigenvalue weighted by Gasteiger charge is -2.33. The number of nitrogens with zero attached hydrogens (tertiary/aromatic N) is 1. The summed E-state index contributed by atoms with van der Waals surface area (Å²) in [6, 6.07) is 5.41. The summed E-state index contributed by atoms with van der Waals surface area (Å²) in [6.07, 6.45) is -6.28. The van der Waals surface area contributed by atoms with Crippen molar-refractivity contribution in [1.29, 1.82) is 0 Å². The van der Waals surface area contributed by atoms with E-state index in [2.05, 4.69) is 4.72 Å². The molecule has 32 heavy (non-hydrogen) atoms. The van der Waals surface area contributed by atoms with Gasteiger partial charge >= 0.3 is 6.18 Å². The van der Waals surface area contributed by atoms with Crippen molar-refractivity contribution in [2.24, 2.45) is 0 Å². The summed E-state index contributed by atoms with van der Waals surface area (Å²) in [5.74, 6) is -0.836. The van der Waals surface area contributed by atoms with Crippen LogP contribution in [0.4, 0.5) is 22.4 Å². The topological polar surface area (TPSA) is 98.8 Å². The molecular weight excluding hydrogens is 456 g/mol. The maximum Gasteiger partial charge on any atom is 0.417 e. The maximum absolute atomic E-state index is 14.3. The molecule has 1 aliphatic rings. The van der Waals surface area contributed by atoms with Gasteiger partial charge in [-0.25, -0.2) is 17.5 Å². The monoisotopic (exact) mass is 475 g/mol. The Morgan fingerprint density at radius 1 is 1.19 bits per heavy atom. The first-order valence-corrected chi connectivity index (χ1v) is 10.9. The summed E-state index contributed by atoms with van der Waals surface area (Å²) in [6.45, 7) is -0.0126. The fraction of sp³-hybridized carbons (Fsp3) is 0.350. The third kappa shape index (κ3) is 4.96. The molecular formula is C20H19F4N2O5S-. The molecule has 0 aromatic heterocycles. The molecule has 0 radical (unpaired) electrons. The minimum absolute atomic E-state index is 0.00629. The van der Waals surface area contributed by atoms with Gasteiger partial charge in [-0.2, -0.15) is 13.2 Å². The van der Waals surface area contributed by atoms with E-state index in [9.17, 15) is 35.9 Å². The van der Waals surface area contributed by atoms with E-state index in [1.54, 1.807) is 0 Å². The van der Waals surface area contributed by atoms with E-state index < -0.39 is 44.6 Å². The predicted octanol–water partition coefficient (Wildman–Crippen LogP) is 2.61. The smallest absolute Gasteiger partial charge is 0.417 e. The number of carbonyl (C=O) groups excluding carboxylic acids is 1. The van der Waals surface area contributed by atoms with Crippen LogP contribution in [-0.4, -0.2) is 45.7 Å². The van der Waals surface area contributed by atoms with Crippen LogP contribution in [0.25, 0.3) is 11.1 Å². The second kappa shape index (κ2) is 8.94. The summed E-state index contributed by atoms with van der Waals surface area (Å²) < 4.78 is 88.5. The van der Waals surface area contributed by atoms with Crippen LogP contribution >= 0.6 is 0 Å². The summed E-state index contributed by atoms with van der Waals surface area (Å²) in [7, 11) is -3.38. The van der Waals surface area contributed by atoms with Crippen molar-refractivity contribution in [3.05, 3.63) is 47.8 Å². The molecule has 1 N–H and O–H groups in total. The Morgan fingerprint density at radius 3 is 2.41 bits per heavy atom. The molecule has 0 saturated carbocycles. The molecule has 0 bridgehead atoms. The molecule has 3 rings (SSSR count). The lowest BCUT2D eigenvalue weighted by molar-refractivity contribution is -0.266. The quantitative estimate of drug-likeness (QED) is 0.671. The largest absolute Gasteiger partial charge is 0.530 e. The second-order valence-electron chi connectivity index (χ2n) is 7.17. The number of carboxylic acid groups (broad SMARTS) is 1. The number of ether oxygens (including phenoxy) is 1. The van der Waals surface area contributed by atoms with Gasteiger partial charge in [-0.3, -0.25) is 0 Å². The van der Waals surface area contributed by atoms with Crippen molar-refractivity contribution in [3.63, 3.8) is 0 Å². The zero-order valence-corrected chi connectivity index (χ0v) is 17.6. The summed E-state index contributed by atoms with van der Waals surface area (Å²) in [5, 5.41) is 10.9. The van der Waals surface area contributed by atoms with Crippen molar-refractivity contribution in [2.75, 3.05) is 20.2 Å². The van der Waals surface area contributed by atoms with E-state index in [-0.39, 0.29) is 42.8 Å². The Balaban J connectivity index is 1.98. The zero-order valence-electron chi connectivity index (χ0n) is 16.8. The Hall–Kier alpha value is -2.86. The lowest BCUT2D eigenvalue weighted by Crippen LogP contribution is -2.50. The first kappa shape index (κ1) is 23.8. The fourth-order valence-corrected chi connectivity index (χ4v) is 5.07. The molecule has 12 heteroatoms. The van der Waals surface area contributed by atoms with Gasteiger partial charge in [0.2, 0.25) is 10.0 Å². The number of carbonyl (C=O) groups is 1. The standard InChI is InChI=1S/C20H20F4N2O5S/c1-31-16-4-2-3-15(21)18(16)12-5-6-17(14(11-12)20(22,23)24)32(29,30)25-13-7-9-26(10-8-13)19(27)28/h2-6,11,13,25H,7-10H2,1H3,(H,27,28)/p-1. The predicted molar refractivity (Wildman–Crippen MR) is 104 cm³/mol. The Morgan fingerprint density at radius 2 is 1.84 bits per heavy atom. The van der Waals surface area contributed by atoms with Crippen LogP contribution < -0.4 is 14.6 Å². The summed E-state index contributed by atoms with van der Waals surface area (Å²) in [4.78, 5) is 10.8. The van der Waals surface area contributed by atoms with Crippen molar-refractivity contribution in [3.8, 4) is 16.9 Å². The number of hydrogen-bond donors (Lipinski definition) is 1. The van der Waals surface area contributed by atoms with Crippen molar-refractivity contribution in [2.45, 2.75) is 30.0 Å². The molecule has 1 amide bonds. The van der Waals surface area contributed by atoms with Gasteiger partial charge in [0.1, 0.15) is 17.7 Å². The van der Waals surface area contributed by atoms with E-state index in [1.807, 2.05) is 0 Å². The maximum atomic E-state index is 14.3. The Bertz CT molecular complexity index is 1110. The van der Waals surface area contributed by atoms with E-state index in [0.29, 0.717) is 6.07 Å². The molecule has 7 nitrogen and oxygen atoms in total. The average molecular weight is 475 g/mol. The minimum Gasteiger partial charge on any atom is -0.530 e. The third-order valence-electron chi connectivity index (χ3n) is 5.13. The van der Waals surface area contributed by atoms with Gasteiger partial charge in [0.25, 0.3) is 0 Å². The molecule has 1 aliphatic heterocycles. The van der Waals surface area contributed by atoms with E-state index in [1.165, 1.54) is 19.2 Å². The Labute approximate surface area is 181 Å². The molecule has 0 spiro atoms. The molecule has 2 aromatic rings. The SMILES string of the molecule is COc1cccc(F)c1-c1ccc(S(=O)(=O)NC2CCN(C(=O)[O-])CC2)c(C(F)(F)F)c1. The molecule has 174 valence electrons. The van der Waals surface area contributed by atoms with Gasteiger partial charge in [-0.05, 0) is 42.7 Å². The number of likely N-dealkylation sites (tertiary alicyclic amines) is 1. The molecule has 1 heterocycles. The van der Waals surface area contributed by atoms with Gasteiger partial charge in [-0.15, -0.1) is 0 Å². The second-order valence-corrected chi connectivity index (χ2v) is 8.86. The van der Waals surface area contributed by atoms with Gasteiger partial charge < -0.3 is 19.5 Å². The van der Waals surface area contributed by atoms with E-state index in [0.717, 1.165) is 23.1 Å². The molecule has 0 unspecified atom stereocenters. The molecule has 2 aromatic carbocycles. The fourth-order valence-electron chi connectivity index (χ4n) is 3.56. The molecule has 1 fully saturated rings. The van der Waals surface area contributed by atoms with Crippen LogP contribution in [0.15, 0.2) is 41.3 Å².